The number of amides is 3. The maximum absolute atomic E-state index is 14.4. The molecule has 55 heteroatoms. The summed E-state index contributed by atoms with van der Waals surface area (Å²) < 4.78 is 166. The van der Waals surface area contributed by atoms with E-state index in [-0.39, 0.29) is 146 Å². The number of thiazole rings is 4. The number of halogens is 10. The number of esters is 4. The number of nitrogens with two attached hydrogens (primary N) is 1. The van der Waals surface area contributed by atoms with Gasteiger partial charge in [0, 0.05) is 182 Å². The van der Waals surface area contributed by atoms with E-state index >= 15 is 0 Å². The number of rotatable bonds is 30. The number of likely N-dealkylation sites (N-methyl/N-ethyl adjacent to an activating group) is 1. The third-order valence-electron chi connectivity index (χ3n) is 23.8. The number of sulfone groups is 3. The molecule has 4 fully saturated rings. The van der Waals surface area contributed by atoms with Crippen LogP contribution in [0.25, 0.3) is 0 Å². The van der Waals surface area contributed by atoms with E-state index < -0.39 is 168 Å². The van der Waals surface area contributed by atoms with Gasteiger partial charge in [-0.3, -0.25) is 58.7 Å². The Hall–Kier alpha value is -10.8. The van der Waals surface area contributed by atoms with Gasteiger partial charge in [0.05, 0.1) is 90.3 Å². The number of ether oxygens (including phenoxy) is 4. The number of carboxylic acid groups (broad SMARTS) is 1. The summed E-state index contributed by atoms with van der Waals surface area (Å²) in [7, 11) is -7.66. The molecule has 792 valence electrons. The Morgan fingerprint density at radius 3 is 1.18 bits per heavy atom. The lowest BCUT2D eigenvalue weighted by molar-refractivity contribution is -0.139. The number of nitrogens with zero attached hydrogens (tertiary/aromatic N) is 12. The van der Waals surface area contributed by atoms with Crippen LogP contribution >= 0.6 is 112 Å². The maximum atomic E-state index is 14.4. The van der Waals surface area contributed by atoms with Gasteiger partial charge in [0.15, 0.2) is 72.9 Å². The predicted octanol–water partition coefficient (Wildman–Crippen LogP) is 10.3. The number of primary amides is 1. The number of aromatic nitrogens is 4. The zero-order chi connectivity index (χ0) is 107. The fourth-order valence-electron chi connectivity index (χ4n) is 17.1. The molecule has 4 aromatic heterocycles. The molecule has 12 heterocycles. The van der Waals surface area contributed by atoms with Crippen molar-refractivity contribution < 1.29 is 110 Å². The number of benzene rings is 4. The van der Waals surface area contributed by atoms with Crippen molar-refractivity contribution in [2.45, 2.75) is 114 Å². The lowest BCUT2D eigenvalue weighted by Crippen LogP contribution is -2.57. The van der Waals surface area contributed by atoms with Crippen molar-refractivity contribution in [3.63, 3.8) is 0 Å². The standard InChI is InChI=1S/C25H29Cl2N5O5S2.C23H22BrF3N4O4S.C23H25ClFN5O5S2.C22H23BrFN5O5S2/c1-4-37-25(34)20-18(12-32-8-10-39(35,36)13-19(32)23(33)29-14(2)3)30-22(24-28-7-9-38-24)31-21(20)16-6-5-15(26)11-17(16)27;1-35-22(34)18-16(10-31-11-23(26,27)9-13(31)3-5-17(32)33)29-20(21-28-6-7-36-21)30-19(18)14-4-2-12(25)8-15(14)24;1-3-35-23(32)18-16(11-30-7-9-37(33,34)12-17(30)21(31)26-2)28-20(22-27-6-8-36-22)29-19(18)14-5-4-13(25)10-15(14)24;1-2-34-22(31)17-15(10-29-6-8-36(32,33)11-16(29)19(25)30)27-20(21-26-5-7-35-21)28-18(17)13-4-3-12(24)9-14(13)23/h5-7,9,11,14,19,21H,4,8,10,12-13H2,1-3H3,(H,29,33)(H,30,31);2,4,6-8,13,19H,3,5,9-11H2,1H3,(H,29,30)(H,32,33);4-6,8,10,17,19H,3,7,9,11-12H2,1-2H3,(H,26,31)(H,28,29);3-5,7,9,16,18H,2,6,8,10-11H2,1H3,(H2,25,30)(H,27,28)/t;13-,19-;;/m.0../s1. The van der Waals surface area contributed by atoms with Crippen molar-refractivity contribution in [3.8, 4) is 0 Å². The molecule has 3 amide bonds. The molecule has 4 aromatic carbocycles. The summed E-state index contributed by atoms with van der Waals surface area (Å²) >= 11 is 31.1. The number of nitrogens with one attached hydrogen (secondary N) is 6. The normalized spacial score (nSPS) is 21.7. The number of carboxylic acids is 1. The Morgan fingerprint density at radius 1 is 0.507 bits per heavy atom. The number of amidine groups is 4. The maximum Gasteiger partial charge on any atom is 0.338 e. The van der Waals surface area contributed by atoms with E-state index in [0.717, 1.165) is 6.07 Å². The molecule has 0 aliphatic carbocycles. The Labute approximate surface area is 894 Å². The van der Waals surface area contributed by atoms with E-state index in [4.69, 9.17) is 79.6 Å². The first-order valence-corrected chi connectivity index (χ1v) is 57.3. The zero-order valence-electron chi connectivity index (χ0n) is 79.8. The molecule has 148 heavy (non-hydrogen) atoms. The SMILES string of the molecule is CCOC(=O)C1=C(CN2CCS(=O)(=O)CC2C(=O)NC(C)C)NC(c2nccs2)=NC1c1ccc(Cl)cc1Cl.CCOC(=O)C1=C(CN2CCS(=O)(=O)CC2C(=O)NC)NC(c2nccs2)=NC1c1ccc(F)cc1Cl.CCOC(=O)C1=C(CN2CCS(=O)(=O)CC2C(N)=O)NC(c2nccs2)=NC1c1ccc(F)cc1Br.COC(=O)C1=C(CN2CC(F)(F)C[C@@H]2CCC(=O)O)NC(c2nccs2)=N[C@H]1c1ccc(F)cc1Br. The second kappa shape index (κ2) is 50.4. The van der Waals surface area contributed by atoms with Crippen LogP contribution in [0, 0.1) is 17.5 Å². The molecule has 8 aliphatic rings. The third kappa shape index (κ3) is 28.9. The smallest absolute Gasteiger partial charge is 0.338 e. The molecule has 0 bridgehead atoms. The van der Waals surface area contributed by atoms with Crippen LogP contribution in [-0.4, -0.2) is 298 Å². The Kier molecular flexibility index (Phi) is 38.9. The van der Waals surface area contributed by atoms with Crippen LogP contribution in [0.5, 0.6) is 0 Å². The van der Waals surface area contributed by atoms with Crippen molar-refractivity contribution in [2.24, 2.45) is 25.7 Å². The largest absolute Gasteiger partial charge is 0.481 e. The summed E-state index contributed by atoms with van der Waals surface area (Å²) in [6, 6.07) is 9.26. The molecule has 6 unspecified atom stereocenters. The number of aliphatic carboxylic acids is 1. The number of hydrogen-bond acceptors (Lipinski definition) is 38. The van der Waals surface area contributed by atoms with Crippen LogP contribution in [-0.2, 0) is 86.8 Å². The van der Waals surface area contributed by atoms with Crippen molar-refractivity contribution >= 4 is 212 Å². The molecule has 8 aromatic rings. The molecular weight excluding hydrogens is 2270 g/mol. The van der Waals surface area contributed by atoms with E-state index in [9.17, 15) is 85.6 Å². The van der Waals surface area contributed by atoms with Gasteiger partial charge in [0.25, 0.3) is 5.92 Å². The zero-order valence-corrected chi connectivity index (χ0v) is 90.9. The monoisotopic (exact) mass is 2370 g/mol. The number of alkyl halides is 2. The van der Waals surface area contributed by atoms with Crippen LogP contribution in [0.2, 0.25) is 15.1 Å². The van der Waals surface area contributed by atoms with Crippen LogP contribution in [0.1, 0.15) is 120 Å². The van der Waals surface area contributed by atoms with Gasteiger partial charge in [0.1, 0.15) is 59.7 Å². The number of carbonyl (C=O) groups excluding carboxylic acids is 7. The summed E-state index contributed by atoms with van der Waals surface area (Å²) in [5.41, 5.74) is 9.42. The number of carbonyl (C=O) groups is 8. The van der Waals surface area contributed by atoms with Crippen LogP contribution in [0.15, 0.2) is 193 Å². The molecule has 8 aliphatic heterocycles. The van der Waals surface area contributed by atoms with Gasteiger partial charge < -0.3 is 61.7 Å². The van der Waals surface area contributed by atoms with Crippen molar-refractivity contribution in [3.05, 3.63) is 248 Å². The average Bonchev–Trinajstić information content (AvgIpc) is 0.927. The van der Waals surface area contributed by atoms with Crippen molar-refractivity contribution in [1.29, 1.82) is 0 Å². The number of methoxy groups -OCH3 is 1. The molecule has 38 nitrogen and oxygen atoms in total. The highest BCUT2D eigenvalue weighted by atomic mass is 79.9. The van der Waals surface area contributed by atoms with Crippen molar-refractivity contribution in [2.75, 3.05) is 121 Å². The summed E-state index contributed by atoms with van der Waals surface area (Å²) in [5.74, 6) is -9.90. The molecule has 0 radical (unpaired) electrons. The lowest BCUT2D eigenvalue weighted by atomic mass is 9.95. The second-order valence-corrected chi connectivity index (χ2v) is 47.5. The van der Waals surface area contributed by atoms with Gasteiger partial charge in [-0.15, -0.1) is 45.3 Å². The molecule has 16 rings (SSSR count). The summed E-state index contributed by atoms with van der Waals surface area (Å²) in [4.78, 5) is 144. The van der Waals surface area contributed by atoms with E-state index in [0.29, 0.717) is 102 Å². The Bertz CT molecular complexity index is 6980. The minimum Gasteiger partial charge on any atom is -0.481 e. The minimum atomic E-state index is -3.44. The Morgan fingerprint density at radius 2 is 0.845 bits per heavy atom. The number of aliphatic imine (C=N–C) groups is 4. The Balaban J connectivity index is 0.000000165. The first-order valence-electron chi connectivity index (χ1n) is 45.6. The highest BCUT2D eigenvalue weighted by Crippen LogP contribution is 2.45. The number of hydrogen-bond donors (Lipinski definition) is 8. The molecule has 0 spiro atoms. The van der Waals surface area contributed by atoms with E-state index in [1.807, 2.05) is 0 Å². The van der Waals surface area contributed by atoms with Gasteiger partial charge in [0.2, 0.25) is 17.7 Å². The number of likely N-dealkylation sites (tertiary alicyclic amines) is 1. The van der Waals surface area contributed by atoms with Gasteiger partial charge in [-0.05, 0) is 101 Å². The lowest BCUT2D eigenvalue weighted by Gasteiger charge is -2.37. The predicted molar refractivity (Wildman–Crippen MR) is 555 cm³/mol. The first-order chi connectivity index (χ1) is 70.3. The topological polar surface area (TPSA) is 508 Å². The molecule has 8 atom stereocenters. The third-order valence-corrected chi connectivity index (χ3v) is 34.1. The molecule has 0 saturated carbocycles. The molecule has 4 saturated heterocycles. The highest BCUT2D eigenvalue weighted by Gasteiger charge is 2.49. The fourth-order valence-corrected chi connectivity index (χ4v) is 25.9. The summed E-state index contributed by atoms with van der Waals surface area (Å²) in [6.07, 6.45) is 5.72. The van der Waals surface area contributed by atoms with Gasteiger partial charge in [-0.1, -0.05) is 90.9 Å². The molecule has 9 N–H and O–H groups in total. The van der Waals surface area contributed by atoms with Crippen LogP contribution < -0.4 is 37.6 Å². The second-order valence-electron chi connectivity index (χ2n) is 34.3. The van der Waals surface area contributed by atoms with Crippen LogP contribution in [0.4, 0.5) is 22.0 Å². The molecular formula is C93H99Br2Cl3F5N19O19S7. The van der Waals surface area contributed by atoms with Gasteiger partial charge in [-0.2, -0.15) is 0 Å². The first kappa shape index (κ1) is 114. The average molecular weight is 2370 g/mol. The minimum absolute atomic E-state index is 0.00299. The van der Waals surface area contributed by atoms with Crippen molar-refractivity contribution in [1.82, 2.24) is 71.4 Å². The van der Waals surface area contributed by atoms with E-state index in [1.165, 1.54) is 113 Å². The fraction of sp³-hybridized carbons (Fsp3) is 0.398. The summed E-state index contributed by atoms with van der Waals surface area (Å²) in [5, 5.41) is 37.1. The van der Waals surface area contributed by atoms with E-state index in [1.54, 1.807) is 114 Å². The van der Waals surface area contributed by atoms with Crippen LogP contribution in [0.3, 0.4) is 0 Å². The highest BCUT2D eigenvalue weighted by molar-refractivity contribution is 9.10. The van der Waals surface area contributed by atoms with E-state index in [2.05, 4.69) is 88.7 Å². The quantitative estimate of drug-likeness (QED) is 0.0118. The van der Waals surface area contributed by atoms with Gasteiger partial charge in [-0.25, -0.2) is 86.3 Å². The van der Waals surface area contributed by atoms with Gasteiger partial charge >= 0.3 is 29.8 Å². The summed E-state index contributed by atoms with van der Waals surface area (Å²) in [6.45, 7) is 8.56.